The lowest BCUT2D eigenvalue weighted by Gasteiger charge is -2.07. The molecule has 1 heterocycles. The Morgan fingerprint density at radius 3 is 2.57 bits per heavy atom. The molecule has 0 atom stereocenters. The van der Waals surface area contributed by atoms with Crippen molar-refractivity contribution in [3.05, 3.63) is 17.5 Å². The van der Waals surface area contributed by atoms with Gasteiger partial charge >= 0.3 is 9.93 Å². The molecule has 0 saturated carbocycles. The number of likely N-dealkylation sites (N-methyl/N-ethyl adjacent to an activating group) is 1. The second-order valence-electron chi connectivity index (χ2n) is 2.91. The van der Waals surface area contributed by atoms with Crippen LogP contribution in [0.25, 0.3) is 0 Å². The molecule has 14 heavy (non-hydrogen) atoms. The molecule has 1 rings (SSSR count). The van der Waals surface area contributed by atoms with E-state index in [1.165, 1.54) is 0 Å². The molecular formula is C8H14ClN3S2. The first-order chi connectivity index (χ1) is 6.15. The summed E-state index contributed by atoms with van der Waals surface area (Å²) in [6.07, 6.45) is 1.88. The van der Waals surface area contributed by atoms with Crippen LogP contribution < -0.4 is 26.7 Å². The standard InChI is InChI=1S/C8H14N3S2.ClH/c1-5-6-11(4)8-9-7(10(2)3)12-13-8;/h5H,1,6H2,2-4H3;1H/q+1;/p-1. The highest BCUT2D eigenvalue weighted by Crippen LogP contribution is 2.16. The molecule has 0 N–H and O–H groups in total. The van der Waals surface area contributed by atoms with Crippen molar-refractivity contribution < 1.29 is 12.4 Å². The highest BCUT2D eigenvalue weighted by Gasteiger charge is 2.11. The maximum absolute atomic E-state index is 4.47. The third-order valence-electron chi connectivity index (χ3n) is 1.49. The minimum atomic E-state index is 0. The van der Waals surface area contributed by atoms with Crippen molar-refractivity contribution in [2.75, 3.05) is 32.6 Å². The van der Waals surface area contributed by atoms with Crippen LogP contribution in [0.5, 0.6) is 0 Å². The molecule has 0 aliphatic heterocycles. The summed E-state index contributed by atoms with van der Waals surface area (Å²) < 4.78 is 2.02. The Hall–Kier alpha value is -0.390. The molecule has 3 nitrogen and oxygen atoms in total. The number of aromatic nitrogens is 1. The number of hydrogen-bond acceptors (Lipinski definition) is 4. The van der Waals surface area contributed by atoms with Crippen LogP contribution in [0.4, 0.5) is 5.13 Å². The average molecular weight is 252 g/mol. The summed E-state index contributed by atoms with van der Waals surface area (Å²) in [5.41, 5.74) is 0. The minimum Gasteiger partial charge on any atom is -1.00 e. The summed E-state index contributed by atoms with van der Waals surface area (Å²) in [5.74, 6) is 0. The quantitative estimate of drug-likeness (QED) is 0.347. The van der Waals surface area contributed by atoms with E-state index < -0.39 is 0 Å². The van der Waals surface area contributed by atoms with Gasteiger partial charge in [0.05, 0.1) is 14.1 Å². The Bertz CT molecular complexity index is 351. The predicted octanol–water partition coefficient (Wildman–Crippen LogP) is -2.14. The van der Waals surface area contributed by atoms with E-state index in [-0.39, 0.29) is 12.4 Å². The van der Waals surface area contributed by atoms with Crippen LogP contribution in [-0.2, 0) is 0 Å². The molecule has 0 saturated heterocycles. The van der Waals surface area contributed by atoms with Crippen molar-refractivity contribution in [2.24, 2.45) is 0 Å². The average Bonchev–Trinajstić information content (AvgIpc) is 2.52. The van der Waals surface area contributed by atoms with E-state index in [0.29, 0.717) is 0 Å². The van der Waals surface area contributed by atoms with Crippen molar-refractivity contribution in [2.45, 2.75) is 0 Å². The van der Waals surface area contributed by atoms with E-state index in [1.807, 2.05) is 31.8 Å². The zero-order chi connectivity index (χ0) is 9.84. The van der Waals surface area contributed by atoms with E-state index in [4.69, 9.17) is 0 Å². The summed E-state index contributed by atoms with van der Waals surface area (Å²) in [6.45, 7) is 4.54. The van der Waals surface area contributed by atoms with Crippen LogP contribution in [0.3, 0.4) is 0 Å². The summed E-state index contributed by atoms with van der Waals surface area (Å²) >= 11 is 0. The molecule has 1 aromatic rings. The summed E-state index contributed by atoms with van der Waals surface area (Å²) in [4.78, 5) is 7.61. The lowest BCUT2D eigenvalue weighted by Crippen LogP contribution is -3.00. The van der Waals surface area contributed by atoms with Gasteiger partial charge in [0.1, 0.15) is 0 Å². The van der Waals surface area contributed by atoms with Gasteiger partial charge in [0, 0.05) is 28.9 Å². The Morgan fingerprint density at radius 1 is 1.50 bits per heavy atom. The normalized spacial score (nSPS) is 9.07. The lowest BCUT2D eigenvalue weighted by molar-refractivity contribution is -0.00000274. The smallest absolute Gasteiger partial charge is 0.390 e. The molecule has 0 aliphatic rings. The molecule has 6 heteroatoms. The van der Waals surface area contributed by atoms with E-state index in [2.05, 4.69) is 16.5 Å². The van der Waals surface area contributed by atoms with Gasteiger partial charge in [-0.15, -0.1) is 6.58 Å². The highest BCUT2D eigenvalue weighted by molar-refractivity contribution is 7.69. The molecule has 0 unspecified atom stereocenters. The largest absolute Gasteiger partial charge is 1.00 e. The van der Waals surface area contributed by atoms with Gasteiger partial charge < -0.3 is 17.3 Å². The predicted molar refractivity (Wildman–Crippen MR) is 60.6 cm³/mol. The van der Waals surface area contributed by atoms with Crippen molar-refractivity contribution >= 4 is 25.8 Å². The Labute approximate surface area is 97.8 Å². The summed E-state index contributed by atoms with van der Waals surface area (Å²) in [6, 6.07) is 0. The van der Waals surface area contributed by atoms with E-state index in [0.717, 1.165) is 16.5 Å². The van der Waals surface area contributed by atoms with Crippen LogP contribution in [0.2, 0.25) is 0 Å². The van der Waals surface area contributed by atoms with Gasteiger partial charge in [-0.3, -0.25) is 4.58 Å². The topological polar surface area (TPSA) is 19.1 Å². The third kappa shape index (κ3) is 3.40. The maximum Gasteiger partial charge on any atom is 0.390 e. The van der Waals surface area contributed by atoms with Crippen molar-refractivity contribution in [1.82, 2.24) is 9.56 Å². The molecule has 0 amide bonds. The van der Waals surface area contributed by atoms with Gasteiger partial charge in [-0.2, -0.15) is 0 Å². The molecule has 0 radical (unpaired) electrons. The van der Waals surface area contributed by atoms with Crippen LogP contribution >= 0.6 is 20.7 Å². The first-order valence-electron chi connectivity index (χ1n) is 3.94. The summed E-state index contributed by atoms with van der Waals surface area (Å²) in [7, 11) is 9.41. The summed E-state index contributed by atoms with van der Waals surface area (Å²) in [5, 5.41) is 1.05. The number of nitrogens with zero attached hydrogens (tertiary/aromatic N) is 3. The monoisotopic (exact) mass is 251 g/mol. The Morgan fingerprint density at radius 2 is 2.14 bits per heavy atom. The van der Waals surface area contributed by atoms with E-state index in [9.17, 15) is 0 Å². The van der Waals surface area contributed by atoms with Gasteiger partial charge in [0.15, 0.2) is 0 Å². The fourth-order valence-electron chi connectivity index (χ4n) is 0.789. The third-order valence-corrected chi connectivity index (χ3v) is 3.88. The molecule has 0 aromatic carbocycles. The maximum atomic E-state index is 4.47. The first-order valence-corrected chi connectivity index (χ1v) is 6.09. The fraction of sp³-hybridized carbons (Fsp3) is 0.500. The van der Waals surface area contributed by atoms with Gasteiger partial charge in [-0.05, 0) is 10.3 Å². The Balaban J connectivity index is 0.00000169. The van der Waals surface area contributed by atoms with Crippen molar-refractivity contribution in [3.63, 3.8) is 0 Å². The number of halogens is 1. The van der Waals surface area contributed by atoms with E-state index >= 15 is 0 Å². The second-order valence-corrected chi connectivity index (χ2v) is 4.97. The molecule has 0 bridgehead atoms. The zero-order valence-corrected chi connectivity index (χ0v) is 10.9. The van der Waals surface area contributed by atoms with Gasteiger partial charge in [0.25, 0.3) is 0 Å². The van der Waals surface area contributed by atoms with Crippen molar-refractivity contribution in [3.8, 4) is 0 Å². The first kappa shape index (κ1) is 13.6. The molecule has 1 aromatic heterocycles. The van der Waals surface area contributed by atoms with Gasteiger partial charge in [0.2, 0.25) is 0 Å². The molecule has 80 valence electrons. The number of anilines is 1. The zero-order valence-electron chi connectivity index (χ0n) is 8.53. The minimum absolute atomic E-state index is 0. The lowest BCUT2D eigenvalue weighted by atomic mass is 10.6. The molecule has 0 fully saturated rings. The molecule has 0 spiro atoms. The number of rotatable bonds is 3. The Kier molecular flexibility index (Phi) is 5.99. The number of hydrogen-bond donors (Lipinski definition) is 0. The fourth-order valence-corrected chi connectivity index (χ4v) is 3.09. The van der Waals surface area contributed by atoms with Crippen LogP contribution in [0.15, 0.2) is 12.7 Å². The van der Waals surface area contributed by atoms with Crippen molar-refractivity contribution in [1.29, 1.82) is 0 Å². The van der Waals surface area contributed by atoms with Crippen LogP contribution in [0.1, 0.15) is 0 Å². The van der Waals surface area contributed by atoms with Gasteiger partial charge in [-0.25, -0.2) is 0 Å². The van der Waals surface area contributed by atoms with E-state index in [1.54, 1.807) is 20.7 Å². The molecule has 0 aliphatic carbocycles. The second kappa shape index (κ2) is 6.16. The molecular weight excluding hydrogens is 238 g/mol. The highest BCUT2D eigenvalue weighted by atomic mass is 35.5. The van der Waals surface area contributed by atoms with Crippen LogP contribution in [0, 0.1) is 0 Å². The van der Waals surface area contributed by atoms with Gasteiger partial charge in [-0.1, -0.05) is 6.08 Å². The SMILES string of the molecule is C=CCN(C)c1nc(=[N+](C)C)ss1.[Cl-]. The van der Waals surface area contributed by atoms with Crippen LogP contribution in [-0.4, -0.2) is 32.7 Å².